The van der Waals surface area contributed by atoms with E-state index in [0.29, 0.717) is 5.56 Å². The van der Waals surface area contributed by atoms with Crippen molar-refractivity contribution in [1.29, 1.82) is 0 Å². The fourth-order valence-corrected chi connectivity index (χ4v) is 1.83. The predicted molar refractivity (Wildman–Crippen MR) is 60.3 cm³/mol. The fourth-order valence-electron chi connectivity index (χ4n) is 1.83. The van der Waals surface area contributed by atoms with Crippen LogP contribution in [0, 0.1) is 11.7 Å². The molecule has 1 atom stereocenters. The molecule has 1 aliphatic rings. The summed E-state index contributed by atoms with van der Waals surface area (Å²) >= 11 is 0. The normalized spacial score (nSPS) is 16.9. The number of carbonyl (C=O) groups is 1. The van der Waals surface area contributed by atoms with Gasteiger partial charge in [0.1, 0.15) is 5.82 Å². The number of hydrogen-bond acceptors (Lipinski definition) is 1. The van der Waals surface area contributed by atoms with E-state index in [2.05, 4.69) is 0 Å². The summed E-state index contributed by atoms with van der Waals surface area (Å²) in [5.41, 5.74) is 0.582. The Balaban J connectivity index is 2.14. The average Bonchev–Trinajstić information content (AvgIpc) is 3.11. The van der Waals surface area contributed by atoms with Crippen molar-refractivity contribution in [3.05, 3.63) is 35.6 Å². The fraction of sp³-hybridized carbons (Fsp3) is 0.462. The molecule has 16 heavy (non-hydrogen) atoms. The van der Waals surface area contributed by atoms with E-state index in [9.17, 15) is 9.18 Å². The minimum Gasteiger partial charge on any atom is -0.339 e. The standard InChI is InChI=1S/C13H16FNO/c1-9(11-5-3-4-6-12(11)14)15(2)13(16)10-7-8-10/h3-6,9-10H,7-8H2,1-2H3. The molecule has 1 aliphatic carbocycles. The van der Waals surface area contributed by atoms with Gasteiger partial charge in [0, 0.05) is 18.5 Å². The lowest BCUT2D eigenvalue weighted by Gasteiger charge is -2.25. The molecular formula is C13H16FNO. The molecule has 1 fully saturated rings. The zero-order valence-corrected chi connectivity index (χ0v) is 9.61. The lowest BCUT2D eigenvalue weighted by molar-refractivity contribution is -0.133. The first-order valence-electron chi connectivity index (χ1n) is 5.62. The molecule has 2 rings (SSSR count). The van der Waals surface area contributed by atoms with Crippen molar-refractivity contribution in [1.82, 2.24) is 4.90 Å². The van der Waals surface area contributed by atoms with Gasteiger partial charge in [0.25, 0.3) is 0 Å². The van der Waals surface area contributed by atoms with Gasteiger partial charge in [-0.1, -0.05) is 18.2 Å². The second-order valence-electron chi connectivity index (χ2n) is 4.42. The molecule has 0 heterocycles. The van der Waals surface area contributed by atoms with E-state index in [0.717, 1.165) is 12.8 Å². The highest BCUT2D eigenvalue weighted by Crippen LogP contribution is 2.33. The molecule has 2 nitrogen and oxygen atoms in total. The van der Waals surface area contributed by atoms with Crippen LogP contribution in [0.3, 0.4) is 0 Å². The van der Waals surface area contributed by atoms with Crippen molar-refractivity contribution in [2.24, 2.45) is 5.92 Å². The number of carbonyl (C=O) groups excluding carboxylic acids is 1. The first-order valence-corrected chi connectivity index (χ1v) is 5.62. The summed E-state index contributed by atoms with van der Waals surface area (Å²) in [4.78, 5) is 13.5. The van der Waals surface area contributed by atoms with Crippen molar-refractivity contribution in [3.8, 4) is 0 Å². The van der Waals surface area contributed by atoms with Gasteiger partial charge in [0.2, 0.25) is 5.91 Å². The number of benzene rings is 1. The molecule has 1 aromatic carbocycles. The average molecular weight is 221 g/mol. The van der Waals surface area contributed by atoms with Crippen LogP contribution in [0.5, 0.6) is 0 Å². The third kappa shape index (κ3) is 2.08. The van der Waals surface area contributed by atoms with Crippen molar-refractivity contribution in [3.63, 3.8) is 0 Å². The lowest BCUT2D eigenvalue weighted by atomic mass is 10.1. The van der Waals surface area contributed by atoms with Crippen LogP contribution in [0.25, 0.3) is 0 Å². The molecule has 3 heteroatoms. The molecule has 0 N–H and O–H groups in total. The van der Waals surface area contributed by atoms with Crippen LogP contribution >= 0.6 is 0 Å². The quantitative estimate of drug-likeness (QED) is 0.768. The maximum Gasteiger partial charge on any atom is 0.225 e. The SMILES string of the molecule is CC(c1ccccc1F)N(C)C(=O)C1CC1. The van der Waals surface area contributed by atoms with Crippen LogP contribution < -0.4 is 0 Å². The summed E-state index contributed by atoms with van der Waals surface area (Å²) in [5.74, 6) is 0.0698. The smallest absolute Gasteiger partial charge is 0.225 e. The van der Waals surface area contributed by atoms with Crippen molar-refractivity contribution < 1.29 is 9.18 Å². The maximum atomic E-state index is 13.5. The van der Waals surface area contributed by atoms with Crippen LogP contribution in [-0.2, 0) is 4.79 Å². The van der Waals surface area contributed by atoms with Crippen LogP contribution in [-0.4, -0.2) is 17.9 Å². The number of hydrogen-bond donors (Lipinski definition) is 0. The van der Waals surface area contributed by atoms with Crippen LogP contribution in [0.1, 0.15) is 31.4 Å². The number of nitrogens with zero attached hydrogens (tertiary/aromatic N) is 1. The second-order valence-corrected chi connectivity index (χ2v) is 4.42. The Bertz CT molecular complexity index is 401. The van der Waals surface area contributed by atoms with E-state index < -0.39 is 0 Å². The van der Waals surface area contributed by atoms with Gasteiger partial charge in [-0.2, -0.15) is 0 Å². The first kappa shape index (κ1) is 11.1. The van der Waals surface area contributed by atoms with Gasteiger partial charge in [-0.05, 0) is 25.8 Å². The molecule has 86 valence electrons. The van der Waals surface area contributed by atoms with E-state index in [1.54, 1.807) is 30.1 Å². The lowest BCUT2D eigenvalue weighted by Crippen LogP contribution is -2.31. The van der Waals surface area contributed by atoms with Crippen molar-refractivity contribution in [2.75, 3.05) is 7.05 Å². The molecule has 1 saturated carbocycles. The Morgan fingerprint density at radius 3 is 2.62 bits per heavy atom. The monoisotopic (exact) mass is 221 g/mol. The van der Waals surface area contributed by atoms with Gasteiger partial charge in [-0.15, -0.1) is 0 Å². The van der Waals surface area contributed by atoms with Crippen LogP contribution in [0.2, 0.25) is 0 Å². The predicted octanol–water partition coefficient (Wildman–Crippen LogP) is 2.76. The molecule has 1 aromatic rings. The second kappa shape index (κ2) is 4.24. The number of amides is 1. The van der Waals surface area contributed by atoms with Gasteiger partial charge in [-0.25, -0.2) is 4.39 Å². The minimum atomic E-state index is -0.245. The van der Waals surface area contributed by atoms with Crippen LogP contribution in [0.4, 0.5) is 4.39 Å². The summed E-state index contributed by atoms with van der Waals surface area (Å²) in [6.07, 6.45) is 1.96. The summed E-state index contributed by atoms with van der Waals surface area (Å²) in [6.45, 7) is 1.86. The van der Waals surface area contributed by atoms with E-state index in [4.69, 9.17) is 0 Å². The first-order chi connectivity index (χ1) is 7.61. The van der Waals surface area contributed by atoms with Crippen LogP contribution in [0.15, 0.2) is 24.3 Å². The molecule has 1 amide bonds. The van der Waals surface area contributed by atoms with E-state index >= 15 is 0 Å². The number of rotatable bonds is 3. The third-order valence-corrected chi connectivity index (χ3v) is 3.21. The highest BCUT2D eigenvalue weighted by molar-refractivity contribution is 5.81. The van der Waals surface area contributed by atoms with Gasteiger partial charge < -0.3 is 4.90 Å². The Morgan fingerprint density at radius 1 is 1.44 bits per heavy atom. The Hall–Kier alpha value is -1.38. The molecule has 0 aromatic heterocycles. The zero-order chi connectivity index (χ0) is 11.7. The zero-order valence-electron chi connectivity index (χ0n) is 9.61. The van der Waals surface area contributed by atoms with E-state index in [1.165, 1.54) is 6.07 Å². The highest BCUT2D eigenvalue weighted by Gasteiger charge is 2.34. The molecule has 0 aliphatic heterocycles. The molecule has 1 unspecified atom stereocenters. The highest BCUT2D eigenvalue weighted by atomic mass is 19.1. The molecule has 0 bridgehead atoms. The minimum absolute atomic E-state index is 0.135. The summed E-state index contributed by atoms with van der Waals surface area (Å²) < 4.78 is 13.5. The molecular weight excluding hydrogens is 205 g/mol. The maximum absolute atomic E-state index is 13.5. The van der Waals surface area contributed by atoms with Gasteiger partial charge in [-0.3, -0.25) is 4.79 Å². The Kier molecular flexibility index (Phi) is 2.95. The van der Waals surface area contributed by atoms with Gasteiger partial charge in [0.05, 0.1) is 6.04 Å². The van der Waals surface area contributed by atoms with E-state index in [-0.39, 0.29) is 23.7 Å². The molecule has 0 spiro atoms. The third-order valence-electron chi connectivity index (χ3n) is 3.21. The van der Waals surface area contributed by atoms with Gasteiger partial charge in [0.15, 0.2) is 0 Å². The molecule has 0 radical (unpaired) electrons. The van der Waals surface area contributed by atoms with Crippen molar-refractivity contribution in [2.45, 2.75) is 25.8 Å². The largest absolute Gasteiger partial charge is 0.339 e. The Labute approximate surface area is 95.1 Å². The summed E-state index contributed by atoms with van der Waals surface area (Å²) in [7, 11) is 1.75. The summed E-state index contributed by atoms with van der Waals surface area (Å²) in [5, 5.41) is 0. The molecule has 0 saturated heterocycles. The number of halogens is 1. The van der Waals surface area contributed by atoms with Crippen molar-refractivity contribution >= 4 is 5.91 Å². The topological polar surface area (TPSA) is 20.3 Å². The van der Waals surface area contributed by atoms with E-state index in [1.807, 2.05) is 6.92 Å². The summed E-state index contributed by atoms with van der Waals surface area (Å²) in [6, 6.07) is 6.42. The Morgan fingerprint density at radius 2 is 2.06 bits per heavy atom. The van der Waals surface area contributed by atoms with Gasteiger partial charge >= 0.3 is 0 Å².